The molecule has 3 nitrogen and oxygen atoms in total. The van der Waals surface area contributed by atoms with Crippen LogP contribution in [0.4, 0.5) is 0 Å². The molecule has 16 heavy (non-hydrogen) atoms. The van der Waals surface area contributed by atoms with E-state index in [1.807, 2.05) is 0 Å². The number of carboxylic acid groups (broad SMARTS) is 1. The van der Waals surface area contributed by atoms with Gasteiger partial charge in [0, 0.05) is 6.04 Å². The number of likely N-dealkylation sites (tertiary alicyclic amines) is 1. The van der Waals surface area contributed by atoms with E-state index in [4.69, 9.17) is 5.11 Å². The van der Waals surface area contributed by atoms with Crippen LogP contribution in [0.5, 0.6) is 0 Å². The normalized spacial score (nSPS) is 31.8. The largest absolute Gasteiger partial charge is 0.481 e. The standard InChI is InChI=1S/C12H21NO2.ClH/c14-12(15)10-4-6-11(7-5-10)13-8-2-1-3-9-13;/h10-11H,1-9H2,(H,14,15);1H. The maximum Gasteiger partial charge on any atom is 0.306 e. The van der Waals surface area contributed by atoms with E-state index in [1.54, 1.807) is 0 Å². The second-order valence-corrected chi connectivity index (χ2v) is 4.94. The van der Waals surface area contributed by atoms with Crippen molar-refractivity contribution in [3.8, 4) is 0 Å². The Morgan fingerprint density at radius 1 is 1.00 bits per heavy atom. The number of carbonyl (C=O) groups is 1. The van der Waals surface area contributed by atoms with Crippen LogP contribution in [0.15, 0.2) is 0 Å². The number of carboxylic acids is 1. The highest BCUT2D eigenvalue weighted by atomic mass is 35.5. The first-order valence-electron chi connectivity index (χ1n) is 6.24. The molecule has 2 aliphatic rings. The highest BCUT2D eigenvalue weighted by Gasteiger charge is 2.29. The molecule has 1 saturated carbocycles. The molecule has 0 radical (unpaired) electrons. The van der Waals surface area contributed by atoms with Gasteiger partial charge in [-0.15, -0.1) is 12.4 Å². The van der Waals surface area contributed by atoms with Gasteiger partial charge >= 0.3 is 5.97 Å². The first-order chi connectivity index (χ1) is 7.27. The molecule has 4 heteroatoms. The summed E-state index contributed by atoms with van der Waals surface area (Å²) in [7, 11) is 0. The van der Waals surface area contributed by atoms with Gasteiger partial charge in [-0.3, -0.25) is 4.79 Å². The molecule has 0 amide bonds. The Balaban J connectivity index is 0.00000128. The molecule has 2 rings (SSSR count). The van der Waals surface area contributed by atoms with Gasteiger partial charge in [0.05, 0.1) is 5.92 Å². The van der Waals surface area contributed by atoms with Crippen LogP contribution >= 0.6 is 12.4 Å². The lowest BCUT2D eigenvalue weighted by Gasteiger charge is -2.38. The summed E-state index contributed by atoms with van der Waals surface area (Å²) in [6.07, 6.45) is 8.00. The van der Waals surface area contributed by atoms with Crippen molar-refractivity contribution < 1.29 is 9.90 Å². The van der Waals surface area contributed by atoms with Crippen molar-refractivity contribution >= 4 is 18.4 Å². The topological polar surface area (TPSA) is 40.5 Å². The van der Waals surface area contributed by atoms with Crippen molar-refractivity contribution in [1.29, 1.82) is 0 Å². The molecule has 1 aliphatic heterocycles. The fourth-order valence-electron chi connectivity index (χ4n) is 2.97. The first kappa shape index (κ1) is 13.8. The average molecular weight is 248 g/mol. The summed E-state index contributed by atoms with van der Waals surface area (Å²) in [6, 6.07) is 0.681. The third kappa shape index (κ3) is 3.36. The smallest absolute Gasteiger partial charge is 0.306 e. The average Bonchev–Trinajstić information content (AvgIpc) is 2.30. The molecule has 1 aliphatic carbocycles. The fraction of sp³-hybridized carbons (Fsp3) is 0.917. The number of rotatable bonds is 2. The Morgan fingerprint density at radius 2 is 1.56 bits per heavy atom. The lowest BCUT2D eigenvalue weighted by molar-refractivity contribution is -0.143. The number of hydrogen-bond acceptors (Lipinski definition) is 2. The molecule has 0 atom stereocenters. The van der Waals surface area contributed by atoms with Crippen molar-refractivity contribution in [2.24, 2.45) is 5.92 Å². The second kappa shape index (κ2) is 6.45. The van der Waals surface area contributed by atoms with E-state index < -0.39 is 5.97 Å². The minimum Gasteiger partial charge on any atom is -0.481 e. The minimum atomic E-state index is -0.591. The summed E-state index contributed by atoms with van der Waals surface area (Å²) in [4.78, 5) is 13.4. The van der Waals surface area contributed by atoms with E-state index in [0.29, 0.717) is 6.04 Å². The van der Waals surface area contributed by atoms with E-state index in [-0.39, 0.29) is 18.3 Å². The van der Waals surface area contributed by atoms with Crippen molar-refractivity contribution in [1.82, 2.24) is 4.90 Å². The maximum atomic E-state index is 10.8. The summed E-state index contributed by atoms with van der Waals surface area (Å²) < 4.78 is 0. The predicted octanol–water partition coefficient (Wildman–Crippen LogP) is 2.54. The Hall–Kier alpha value is -0.280. The maximum absolute atomic E-state index is 10.8. The number of piperidine rings is 1. The third-order valence-electron chi connectivity index (χ3n) is 3.95. The highest BCUT2D eigenvalue weighted by molar-refractivity contribution is 5.85. The molecule has 0 aromatic heterocycles. The molecule has 0 spiro atoms. The summed E-state index contributed by atoms with van der Waals surface area (Å²) >= 11 is 0. The Morgan fingerprint density at radius 3 is 2.06 bits per heavy atom. The lowest BCUT2D eigenvalue weighted by Crippen LogP contribution is -2.42. The Bertz CT molecular complexity index is 221. The zero-order valence-corrected chi connectivity index (χ0v) is 10.5. The summed E-state index contributed by atoms with van der Waals surface area (Å²) in [5.74, 6) is -0.655. The molecule has 0 unspecified atom stereocenters. The van der Waals surface area contributed by atoms with E-state index in [0.717, 1.165) is 25.7 Å². The highest BCUT2D eigenvalue weighted by Crippen LogP contribution is 2.29. The van der Waals surface area contributed by atoms with Crippen LogP contribution in [-0.4, -0.2) is 35.1 Å². The van der Waals surface area contributed by atoms with Gasteiger partial charge < -0.3 is 10.0 Å². The molecule has 0 aromatic carbocycles. The molecule has 0 aromatic rings. The van der Waals surface area contributed by atoms with Gasteiger partial charge in [0.15, 0.2) is 0 Å². The van der Waals surface area contributed by atoms with Crippen molar-refractivity contribution in [2.45, 2.75) is 51.0 Å². The van der Waals surface area contributed by atoms with E-state index in [9.17, 15) is 4.79 Å². The monoisotopic (exact) mass is 247 g/mol. The zero-order chi connectivity index (χ0) is 10.7. The Kier molecular flexibility index (Phi) is 5.56. The molecule has 94 valence electrons. The SMILES string of the molecule is Cl.O=C(O)C1CCC(N2CCCCC2)CC1. The van der Waals surface area contributed by atoms with Gasteiger partial charge in [0.25, 0.3) is 0 Å². The van der Waals surface area contributed by atoms with Crippen LogP contribution in [0.1, 0.15) is 44.9 Å². The molecule has 2 fully saturated rings. The van der Waals surface area contributed by atoms with Crippen LogP contribution in [-0.2, 0) is 4.79 Å². The molecule has 1 saturated heterocycles. The van der Waals surface area contributed by atoms with Gasteiger partial charge in [0.2, 0.25) is 0 Å². The molecule has 1 N–H and O–H groups in total. The van der Waals surface area contributed by atoms with Crippen LogP contribution in [0.3, 0.4) is 0 Å². The quantitative estimate of drug-likeness (QED) is 0.815. The lowest BCUT2D eigenvalue weighted by atomic mass is 9.85. The zero-order valence-electron chi connectivity index (χ0n) is 9.73. The van der Waals surface area contributed by atoms with E-state index in [1.165, 1.54) is 32.4 Å². The van der Waals surface area contributed by atoms with Gasteiger partial charge in [-0.2, -0.15) is 0 Å². The summed E-state index contributed by atoms with van der Waals surface area (Å²) in [5.41, 5.74) is 0. The minimum absolute atomic E-state index is 0. The predicted molar refractivity (Wildman–Crippen MR) is 66.1 cm³/mol. The van der Waals surface area contributed by atoms with Crippen LogP contribution in [0, 0.1) is 5.92 Å². The molecule has 0 bridgehead atoms. The number of nitrogens with zero attached hydrogens (tertiary/aromatic N) is 1. The molecule has 1 heterocycles. The van der Waals surface area contributed by atoms with Gasteiger partial charge in [0.1, 0.15) is 0 Å². The summed E-state index contributed by atoms with van der Waals surface area (Å²) in [5, 5.41) is 8.92. The van der Waals surface area contributed by atoms with Gasteiger partial charge in [-0.25, -0.2) is 0 Å². The van der Waals surface area contributed by atoms with Crippen molar-refractivity contribution in [3.05, 3.63) is 0 Å². The van der Waals surface area contributed by atoms with Crippen molar-refractivity contribution in [2.75, 3.05) is 13.1 Å². The van der Waals surface area contributed by atoms with Crippen LogP contribution < -0.4 is 0 Å². The van der Waals surface area contributed by atoms with Crippen LogP contribution in [0.2, 0.25) is 0 Å². The van der Waals surface area contributed by atoms with Gasteiger partial charge in [-0.05, 0) is 51.6 Å². The van der Waals surface area contributed by atoms with Gasteiger partial charge in [-0.1, -0.05) is 6.42 Å². The van der Waals surface area contributed by atoms with E-state index in [2.05, 4.69) is 4.90 Å². The third-order valence-corrected chi connectivity index (χ3v) is 3.95. The van der Waals surface area contributed by atoms with E-state index >= 15 is 0 Å². The fourth-order valence-corrected chi connectivity index (χ4v) is 2.97. The first-order valence-corrected chi connectivity index (χ1v) is 6.24. The number of hydrogen-bond donors (Lipinski definition) is 1. The Labute approximate surface area is 104 Å². The molecular formula is C12H22ClNO2. The summed E-state index contributed by atoms with van der Waals surface area (Å²) in [6.45, 7) is 2.48. The molecular weight excluding hydrogens is 226 g/mol. The number of aliphatic carboxylic acids is 1. The number of halogens is 1. The van der Waals surface area contributed by atoms with Crippen LogP contribution in [0.25, 0.3) is 0 Å². The second-order valence-electron chi connectivity index (χ2n) is 4.94. The van der Waals surface area contributed by atoms with Crippen molar-refractivity contribution in [3.63, 3.8) is 0 Å².